The molecule has 0 fully saturated rings. The van der Waals surface area contributed by atoms with Gasteiger partial charge >= 0.3 is 0 Å². The molecule has 0 radical (unpaired) electrons. The highest BCUT2D eigenvalue weighted by atomic mass is 32.2. The first-order valence-corrected chi connectivity index (χ1v) is 7.66. The Kier molecular flexibility index (Phi) is 5.61. The fraction of sp³-hybridized carbons (Fsp3) is 0.500. The minimum absolute atomic E-state index is 0.0719. The second kappa shape index (κ2) is 6.74. The lowest BCUT2D eigenvalue weighted by atomic mass is 10.1. The molecule has 1 aromatic carbocycles. The van der Waals surface area contributed by atoms with Crippen LogP contribution in [0.4, 0.5) is 0 Å². The normalized spacial score (nSPS) is 13.5. The average Bonchev–Trinajstić information content (AvgIpc) is 2.28. The Balaban J connectivity index is 2.72. The van der Waals surface area contributed by atoms with Crippen LogP contribution in [0.25, 0.3) is 0 Å². The third-order valence-electron chi connectivity index (χ3n) is 2.40. The number of rotatable bonds is 7. The van der Waals surface area contributed by atoms with Crippen LogP contribution in [-0.4, -0.2) is 38.7 Å². The van der Waals surface area contributed by atoms with Gasteiger partial charge in [0, 0.05) is 18.9 Å². The molecule has 0 aliphatic heterocycles. The summed E-state index contributed by atoms with van der Waals surface area (Å²) in [6.45, 7) is 0.707. The van der Waals surface area contributed by atoms with Gasteiger partial charge in [-0.1, -0.05) is 30.3 Å². The quantitative estimate of drug-likeness (QED) is 0.707. The first-order chi connectivity index (χ1) is 8.03. The van der Waals surface area contributed by atoms with Crippen molar-refractivity contribution in [2.45, 2.75) is 12.5 Å². The van der Waals surface area contributed by atoms with E-state index in [4.69, 9.17) is 5.11 Å². The van der Waals surface area contributed by atoms with Gasteiger partial charge in [0.1, 0.15) is 9.84 Å². The van der Waals surface area contributed by atoms with Crippen LogP contribution in [0.5, 0.6) is 0 Å². The van der Waals surface area contributed by atoms with Crippen molar-refractivity contribution in [1.82, 2.24) is 5.32 Å². The van der Waals surface area contributed by atoms with E-state index in [1.165, 1.54) is 6.26 Å². The van der Waals surface area contributed by atoms with Gasteiger partial charge < -0.3 is 10.4 Å². The number of sulfone groups is 1. The van der Waals surface area contributed by atoms with E-state index in [0.29, 0.717) is 13.0 Å². The van der Waals surface area contributed by atoms with Crippen LogP contribution < -0.4 is 5.32 Å². The molecule has 96 valence electrons. The van der Waals surface area contributed by atoms with Crippen molar-refractivity contribution in [2.24, 2.45) is 0 Å². The molecule has 17 heavy (non-hydrogen) atoms. The van der Waals surface area contributed by atoms with Gasteiger partial charge in [-0.25, -0.2) is 8.42 Å². The molecular formula is C12H19NO3S. The van der Waals surface area contributed by atoms with Crippen LogP contribution >= 0.6 is 0 Å². The van der Waals surface area contributed by atoms with Gasteiger partial charge in [-0.15, -0.1) is 0 Å². The highest BCUT2D eigenvalue weighted by Crippen LogP contribution is 2.14. The highest BCUT2D eigenvalue weighted by molar-refractivity contribution is 7.90. The third kappa shape index (κ3) is 5.81. The Labute approximate surface area is 103 Å². The van der Waals surface area contributed by atoms with E-state index in [1.807, 2.05) is 30.3 Å². The molecule has 0 saturated heterocycles. The van der Waals surface area contributed by atoms with Gasteiger partial charge in [-0.05, 0) is 18.5 Å². The molecule has 0 aromatic heterocycles. The first kappa shape index (κ1) is 14.2. The zero-order valence-electron chi connectivity index (χ0n) is 9.96. The van der Waals surface area contributed by atoms with Crippen molar-refractivity contribution < 1.29 is 13.5 Å². The minimum Gasteiger partial charge on any atom is -0.396 e. The second-order valence-corrected chi connectivity index (χ2v) is 6.27. The van der Waals surface area contributed by atoms with Crippen molar-refractivity contribution in [3.63, 3.8) is 0 Å². The van der Waals surface area contributed by atoms with E-state index >= 15 is 0 Å². The average molecular weight is 257 g/mol. The van der Waals surface area contributed by atoms with Crippen molar-refractivity contribution in [3.05, 3.63) is 35.9 Å². The van der Waals surface area contributed by atoms with E-state index < -0.39 is 9.84 Å². The Morgan fingerprint density at radius 1 is 1.29 bits per heavy atom. The van der Waals surface area contributed by atoms with Crippen molar-refractivity contribution in [1.29, 1.82) is 0 Å². The maximum absolute atomic E-state index is 11.4. The number of hydrogen-bond donors (Lipinski definition) is 2. The SMILES string of the molecule is CS(=O)(=O)CC(NCCCO)c1ccccc1. The van der Waals surface area contributed by atoms with Crippen LogP contribution in [0.15, 0.2) is 30.3 Å². The van der Waals surface area contributed by atoms with Crippen LogP contribution in [0.3, 0.4) is 0 Å². The predicted octanol–water partition coefficient (Wildman–Crippen LogP) is 0.744. The molecule has 0 heterocycles. The first-order valence-electron chi connectivity index (χ1n) is 5.60. The molecule has 0 saturated carbocycles. The lowest BCUT2D eigenvalue weighted by Crippen LogP contribution is -2.29. The van der Waals surface area contributed by atoms with Crippen molar-refractivity contribution in [2.75, 3.05) is 25.2 Å². The molecule has 1 rings (SSSR count). The number of aliphatic hydroxyl groups excluding tert-OH is 1. The molecular weight excluding hydrogens is 238 g/mol. The van der Waals surface area contributed by atoms with Crippen molar-refractivity contribution >= 4 is 9.84 Å². The molecule has 1 aromatic rings. The monoisotopic (exact) mass is 257 g/mol. The molecule has 0 amide bonds. The van der Waals surface area contributed by atoms with Crippen molar-refractivity contribution in [3.8, 4) is 0 Å². The summed E-state index contributed by atoms with van der Waals surface area (Å²) in [4.78, 5) is 0. The lowest BCUT2D eigenvalue weighted by molar-refractivity contribution is 0.284. The number of nitrogens with one attached hydrogen (secondary N) is 1. The molecule has 1 unspecified atom stereocenters. The molecule has 0 spiro atoms. The smallest absolute Gasteiger partial charge is 0.149 e. The number of hydrogen-bond acceptors (Lipinski definition) is 4. The van der Waals surface area contributed by atoms with E-state index in [-0.39, 0.29) is 18.4 Å². The van der Waals surface area contributed by atoms with Gasteiger partial charge in [-0.3, -0.25) is 0 Å². The van der Waals surface area contributed by atoms with Crippen LogP contribution in [0, 0.1) is 0 Å². The summed E-state index contributed by atoms with van der Waals surface area (Å²) in [5.74, 6) is 0.0719. The minimum atomic E-state index is -3.03. The van der Waals surface area contributed by atoms with Gasteiger partial charge in [0.15, 0.2) is 0 Å². The van der Waals surface area contributed by atoms with Gasteiger partial charge in [0.2, 0.25) is 0 Å². The molecule has 1 atom stereocenters. The van der Waals surface area contributed by atoms with E-state index in [9.17, 15) is 8.42 Å². The molecule has 0 aliphatic carbocycles. The lowest BCUT2D eigenvalue weighted by Gasteiger charge is -2.18. The molecule has 2 N–H and O–H groups in total. The summed E-state index contributed by atoms with van der Waals surface area (Å²) < 4.78 is 22.7. The largest absolute Gasteiger partial charge is 0.396 e. The van der Waals surface area contributed by atoms with Gasteiger partial charge in [0.05, 0.1) is 5.75 Å². The summed E-state index contributed by atoms with van der Waals surface area (Å²) in [7, 11) is -3.03. The predicted molar refractivity (Wildman–Crippen MR) is 68.6 cm³/mol. The van der Waals surface area contributed by atoms with Gasteiger partial charge in [-0.2, -0.15) is 0 Å². The maximum Gasteiger partial charge on any atom is 0.149 e. The molecule has 5 heteroatoms. The van der Waals surface area contributed by atoms with E-state index in [0.717, 1.165) is 5.56 Å². The van der Waals surface area contributed by atoms with Crippen LogP contribution in [-0.2, 0) is 9.84 Å². The summed E-state index contributed by atoms with van der Waals surface area (Å²) in [5.41, 5.74) is 0.955. The Morgan fingerprint density at radius 2 is 1.94 bits per heavy atom. The van der Waals surface area contributed by atoms with Crippen LogP contribution in [0.2, 0.25) is 0 Å². The molecule has 4 nitrogen and oxygen atoms in total. The standard InChI is InChI=1S/C12H19NO3S/c1-17(15,16)10-12(13-8-5-9-14)11-6-3-2-4-7-11/h2-4,6-7,12-14H,5,8-10H2,1H3. The summed E-state index contributed by atoms with van der Waals surface area (Å²) in [6.07, 6.45) is 1.85. The van der Waals surface area contributed by atoms with Crippen LogP contribution in [0.1, 0.15) is 18.0 Å². The molecule has 0 bridgehead atoms. The molecule has 0 aliphatic rings. The fourth-order valence-electron chi connectivity index (χ4n) is 1.62. The summed E-state index contributed by atoms with van der Waals surface area (Å²) in [5, 5.41) is 11.9. The topological polar surface area (TPSA) is 66.4 Å². The highest BCUT2D eigenvalue weighted by Gasteiger charge is 2.16. The number of benzene rings is 1. The second-order valence-electron chi connectivity index (χ2n) is 4.09. The summed E-state index contributed by atoms with van der Waals surface area (Å²) >= 11 is 0. The van der Waals surface area contributed by atoms with E-state index in [2.05, 4.69) is 5.32 Å². The zero-order chi connectivity index (χ0) is 12.7. The Morgan fingerprint density at radius 3 is 2.47 bits per heavy atom. The Bertz CT molecular complexity index is 417. The Hall–Kier alpha value is -0.910. The van der Waals surface area contributed by atoms with Gasteiger partial charge in [0.25, 0.3) is 0 Å². The fourth-order valence-corrected chi connectivity index (χ4v) is 2.53. The van der Waals surface area contributed by atoms with E-state index in [1.54, 1.807) is 0 Å². The summed E-state index contributed by atoms with van der Waals surface area (Å²) in [6, 6.07) is 9.27. The maximum atomic E-state index is 11.4. The third-order valence-corrected chi connectivity index (χ3v) is 3.34. The number of aliphatic hydroxyl groups is 1. The zero-order valence-corrected chi connectivity index (χ0v) is 10.8.